The molecule has 5 heteroatoms. The monoisotopic (exact) mass is 454 g/mol. The second-order valence-electron chi connectivity index (χ2n) is 9.79. The van der Waals surface area contributed by atoms with E-state index in [0.717, 1.165) is 58.8 Å². The third kappa shape index (κ3) is 4.48. The predicted octanol–water partition coefficient (Wildman–Crippen LogP) is 6.13. The van der Waals surface area contributed by atoms with E-state index < -0.39 is 7.26 Å². The molecule has 2 amide bonds. The van der Waals surface area contributed by atoms with Crippen LogP contribution in [0, 0.1) is 34.6 Å². The molecule has 0 bridgehead atoms. The first-order valence-corrected chi connectivity index (χ1v) is 14.5. The van der Waals surface area contributed by atoms with Gasteiger partial charge in [0, 0.05) is 0 Å². The van der Waals surface area contributed by atoms with Crippen LogP contribution in [0.2, 0.25) is 0 Å². The van der Waals surface area contributed by atoms with Gasteiger partial charge < -0.3 is 0 Å². The summed E-state index contributed by atoms with van der Waals surface area (Å²) in [7, 11) is -2.20. The van der Waals surface area contributed by atoms with Crippen LogP contribution >= 0.6 is 7.26 Å². The van der Waals surface area contributed by atoms with Crippen molar-refractivity contribution in [2.45, 2.75) is 66.5 Å². The molecule has 0 atom stereocenters. The Morgan fingerprint density at radius 3 is 1.81 bits per heavy atom. The number of amides is 2. The maximum absolute atomic E-state index is 13.7. The summed E-state index contributed by atoms with van der Waals surface area (Å²) in [5.41, 5.74) is 7.38. The van der Waals surface area contributed by atoms with Crippen molar-refractivity contribution in [2.24, 2.45) is 0 Å². The molecular weight excluding hydrogens is 415 g/mol. The molecule has 0 heterocycles. The molecule has 1 aliphatic rings. The standard InChI is InChI=1S/C27H39N2O2P/c1-8-32(9-2,17-23(30)28-24-19(4)11-10-12-20(24)5)27(13-14-27)26(31)29-25-21(6)15-18(3)16-22(25)7/h10-12,15-16,32H,8-9,13-14,17H2,1-7H3,(H,28,30)(H,29,31). The van der Waals surface area contributed by atoms with Crippen molar-refractivity contribution >= 4 is 30.5 Å². The van der Waals surface area contributed by atoms with Gasteiger partial charge in [0.15, 0.2) is 0 Å². The molecule has 1 saturated carbocycles. The zero-order valence-corrected chi connectivity index (χ0v) is 21.7. The molecule has 2 aromatic carbocycles. The number of para-hydroxylation sites is 1. The maximum atomic E-state index is 13.7. The van der Waals surface area contributed by atoms with Crippen LogP contribution in [0.4, 0.5) is 11.4 Å². The van der Waals surface area contributed by atoms with Crippen molar-refractivity contribution in [3.63, 3.8) is 0 Å². The van der Waals surface area contributed by atoms with Gasteiger partial charge in [-0.05, 0) is 0 Å². The zero-order chi connectivity index (χ0) is 23.7. The van der Waals surface area contributed by atoms with Gasteiger partial charge in [-0.15, -0.1) is 0 Å². The van der Waals surface area contributed by atoms with Crippen molar-refractivity contribution in [3.05, 3.63) is 58.1 Å². The fourth-order valence-corrected chi connectivity index (χ4v) is 10.7. The van der Waals surface area contributed by atoms with Crippen molar-refractivity contribution in [3.8, 4) is 0 Å². The van der Waals surface area contributed by atoms with Crippen LogP contribution in [-0.4, -0.2) is 35.5 Å². The molecule has 0 unspecified atom stereocenters. The molecular formula is C27H39N2O2P. The number of hydrogen-bond donors (Lipinski definition) is 2. The van der Waals surface area contributed by atoms with Gasteiger partial charge in [-0.3, -0.25) is 0 Å². The van der Waals surface area contributed by atoms with E-state index in [-0.39, 0.29) is 17.0 Å². The molecule has 0 aliphatic heterocycles. The van der Waals surface area contributed by atoms with E-state index in [0.29, 0.717) is 6.16 Å². The Hall–Kier alpha value is -2.19. The molecule has 174 valence electrons. The minimum atomic E-state index is -2.20. The third-order valence-electron chi connectivity index (χ3n) is 7.71. The second-order valence-corrected chi connectivity index (χ2v) is 15.1. The number of carbonyl (C=O) groups excluding carboxylic acids is 2. The van der Waals surface area contributed by atoms with Crippen molar-refractivity contribution < 1.29 is 9.59 Å². The van der Waals surface area contributed by atoms with E-state index in [4.69, 9.17) is 0 Å². The van der Waals surface area contributed by atoms with Gasteiger partial charge in [-0.25, -0.2) is 0 Å². The summed E-state index contributed by atoms with van der Waals surface area (Å²) in [6.07, 6.45) is 4.15. The molecule has 0 aromatic heterocycles. The van der Waals surface area contributed by atoms with E-state index in [1.54, 1.807) is 0 Å². The van der Waals surface area contributed by atoms with Crippen molar-refractivity contribution in [1.82, 2.24) is 0 Å². The summed E-state index contributed by atoms with van der Waals surface area (Å²) in [6, 6.07) is 10.3. The first-order valence-electron chi connectivity index (χ1n) is 11.8. The Balaban J connectivity index is 1.85. The topological polar surface area (TPSA) is 58.2 Å². The molecule has 0 radical (unpaired) electrons. The average Bonchev–Trinajstić information content (AvgIpc) is 3.54. The van der Waals surface area contributed by atoms with Gasteiger partial charge >= 0.3 is 194 Å². The third-order valence-corrected chi connectivity index (χ3v) is 14.2. The summed E-state index contributed by atoms with van der Waals surface area (Å²) < 4.78 is 0. The molecule has 3 rings (SSSR count). The van der Waals surface area contributed by atoms with E-state index in [9.17, 15) is 9.59 Å². The summed E-state index contributed by atoms with van der Waals surface area (Å²) in [6.45, 7) is 14.6. The molecule has 2 N–H and O–H groups in total. The van der Waals surface area contributed by atoms with E-state index in [2.05, 4.69) is 57.4 Å². The van der Waals surface area contributed by atoms with Gasteiger partial charge in [0.1, 0.15) is 0 Å². The summed E-state index contributed by atoms with van der Waals surface area (Å²) in [4.78, 5) is 26.9. The quantitative estimate of drug-likeness (QED) is 0.472. The Bertz CT molecular complexity index is 993. The van der Waals surface area contributed by atoms with Crippen LogP contribution in [0.5, 0.6) is 0 Å². The fraction of sp³-hybridized carbons (Fsp3) is 0.481. The number of carbonyl (C=O) groups is 2. The van der Waals surface area contributed by atoms with Crippen LogP contribution in [0.1, 0.15) is 54.5 Å². The summed E-state index contributed by atoms with van der Waals surface area (Å²) in [5.74, 6) is 0.183. The van der Waals surface area contributed by atoms with Crippen LogP contribution in [-0.2, 0) is 9.59 Å². The minimum absolute atomic E-state index is 0.0551. The Morgan fingerprint density at radius 1 is 0.844 bits per heavy atom. The first kappa shape index (κ1) is 24.5. The molecule has 1 aliphatic carbocycles. The number of anilines is 2. The number of nitrogens with one attached hydrogen (secondary N) is 2. The van der Waals surface area contributed by atoms with Crippen molar-refractivity contribution in [1.29, 1.82) is 0 Å². The molecule has 2 aromatic rings. The Morgan fingerprint density at radius 2 is 1.34 bits per heavy atom. The SMILES string of the molecule is CC[PH](CC)(CC(=O)Nc1c(C)cccc1C)C1(C(=O)Nc2c(C)cc(C)cc2C)CC1. The summed E-state index contributed by atoms with van der Waals surface area (Å²) >= 11 is 0. The van der Waals surface area contributed by atoms with Crippen molar-refractivity contribution in [2.75, 3.05) is 29.1 Å². The van der Waals surface area contributed by atoms with E-state index >= 15 is 0 Å². The Labute approximate surface area is 193 Å². The van der Waals surface area contributed by atoms with Crippen LogP contribution in [0.25, 0.3) is 0 Å². The number of rotatable bonds is 8. The van der Waals surface area contributed by atoms with Crippen LogP contribution < -0.4 is 10.6 Å². The zero-order valence-electron chi connectivity index (χ0n) is 20.7. The van der Waals surface area contributed by atoms with Gasteiger partial charge in [0.2, 0.25) is 0 Å². The molecule has 0 spiro atoms. The van der Waals surface area contributed by atoms with E-state index in [1.807, 2.05) is 32.0 Å². The van der Waals surface area contributed by atoms with Crippen LogP contribution in [0.15, 0.2) is 30.3 Å². The second kappa shape index (κ2) is 9.35. The number of benzene rings is 2. The predicted molar refractivity (Wildman–Crippen MR) is 140 cm³/mol. The molecule has 4 nitrogen and oxygen atoms in total. The van der Waals surface area contributed by atoms with Gasteiger partial charge in [0.25, 0.3) is 0 Å². The normalized spacial score (nSPS) is 15.2. The molecule has 0 saturated heterocycles. The van der Waals surface area contributed by atoms with E-state index in [1.165, 1.54) is 5.56 Å². The average molecular weight is 455 g/mol. The molecule has 1 fully saturated rings. The van der Waals surface area contributed by atoms with Crippen LogP contribution in [0.3, 0.4) is 0 Å². The number of aryl methyl sites for hydroxylation is 5. The number of hydrogen-bond acceptors (Lipinski definition) is 2. The van der Waals surface area contributed by atoms with Gasteiger partial charge in [-0.2, -0.15) is 0 Å². The van der Waals surface area contributed by atoms with Gasteiger partial charge in [0.05, 0.1) is 0 Å². The first-order chi connectivity index (χ1) is 15.1. The summed E-state index contributed by atoms with van der Waals surface area (Å²) in [5, 5.41) is 6.12. The van der Waals surface area contributed by atoms with Gasteiger partial charge in [-0.1, -0.05) is 0 Å². The Kier molecular flexibility index (Phi) is 7.15. The fourth-order valence-electron chi connectivity index (χ4n) is 5.58. The molecule has 32 heavy (non-hydrogen) atoms.